The van der Waals surface area contributed by atoms with E-state index in [4.69, 9.17) is 10.0 Å². The number of halogens is 1. The fraction of sp³-hybridized carbons (Fsp3) is 0.650. The predicted octanol–water partition coefficient (Wildman–Crippen LogP) is 2.76. The minimum atomic E-state index is -1.87. The number of amides is 1. The predicted molar refractivity (Wildman–Crippen MR) is 101 cm³/mol. The van der Waals surface area contributed by atoms with E-state index >= 15 is 0 Å². The van der Waals surface area contributed by atoms with Crippen molar-refractivity contribution in [3.8, 4) is 0 Å². The molecule has 3 rings (SSSR count). The van der Waals surface area contributed by atoms with E-state index < -0.39 is 12.9 Å². The van der Waals surface area contributed by atoms with Crippen LogP contribution < -0.4 is 10.8 Å². The Hall–Kier alpha value is -1.40. The monoisotopic (exact) mass is 361 g/mol. The molecule has 3 N–H and O–H groups in total. The highest BCUT2D eigenvalue weighted by Gasteiger charge is 2.33. The highest BCUT2D eigenvalue weighted by molar-refractivity contribution is 6.58. The van der Waals surface area contributed by atoms with Gasteiger partial charge in [-0.3, -0.25) is 4.79 Å². The Labute approximate surface area is 155 Å². The maximum Gasteiger partial charge on any atom is 0.491 e. The first-order chi connectivity index (χ1) is 12.6. The second kappa shape index (κ2) is 9.00. The van der Waals surface area contributed by atoms with Gasteiger partial charge in [0.1, 0.15) is 5.82 Å². The van der Waals surface area contributed by atoms with Crippen molar-refractivity contribution in [1.82, 2.24) is 5.32 Å². The maximum atomic E-state index is 14.0. The van der Waals surface area contributed by atoms with Crippen LogP contribution in [-0.4, -0.2) is 29.1 Å². The van der Waals surface area contributed by atoms with Gasteiger partial charge in [0, 0.05) is 17.1 Å². The van der Waals surface area contributed by atoms with Gasteiger partial charge >= 0.3 is 7.12 Å². The SMILES string of the molecule is O=C(NC(C1CCCCC1)C1CCCCC1)c1ccc(B(O)O)c(F)c1. The Kier molecular flexibility index (Phi) is 6.71. The van der Waals surface area contributed by atoms with Gasteiger partial charge in [-0.2, -0.15) is 0 Å². The molecule has 1 aromatic carbocycles. The molecule has 1 aromatic rings. The number of hydrogen-bond acceptors (Lipinski definition) is 3. The molecule has 0 heterocycles. The normalized spacial score (nSPS) is 19.5. The summed E-state index contributed by atoms with van der Waals surface area (Å²) in [5.41, 5.74) is 0.0289. The van der Waals surface area contributed by atoms with Crippen molar-refractivity contribution >= 4 is 18.5 Å². The zero-order valence-corrected chi connectivity index (χ0v) is 15.3. The molecule has 0 atom stereocenters. The first kappa shape index (κ1) is 19.4. The van der Waals surface area contributed by atoms with Crippen LogP contribution in [-0.2, 0) is 0 Å². The van der Waals surface area contributed by atoms with Crippen LogP contribution in [0.1, 0.15) is 74.6 Å². The van der Waals surface area contributed by atoms with Gasteiger partial charge in [-0.25, -0.2) is 4.39 Å². The van der Waals surface area contributed by atoms with Crippen LogP contribution >= 0.6 is 0 Å². The Bertz CT molecular complexity index is 595. The molecule has 0 spiro atoms. The van der Waals surface area contributed by atoms with E-state index in [0.29, 0.717) is 11.8 Å². The number of hydrogen-bond donors (Lipinski definition) is 3. The standard InChI is InChI=1S/C20H29BFNO3/c22-18-13-16(11-12-17(18)21(25)26)20(24)23-19(14-7-3-1-4-8-14)15-9-5-2-6-10-15/h11-15,19,25-26H,1-10H2,(H,23,24). The summed E-state index contributed by atoms with van der Waals surface area (Å²) in [6.45, 7) is 0. The molecule has 6 heteroatoms. The van der Waals surface area contributed by atoms with Gasteiger partial charge in [-0.15, -0.1) is 0 Å². The Morgan fingerprint density at radius 1 is 1.00 bits per heavy atom. The number of benzene rings is 1. The minimum absolute atomic E-state index is 0.161. The van der Waals surface area contributed by atoms with Gasteiger partial charge in [0.25, 0.3) is 5.91 Å². The molecule has 0 aliphatic heterocycles. The van der Waals surface area contributed by atoms with Gasteiger partial charge in [-0.05, 0) is 49.7 Å². The summed E-state index contributed by atoms with van der Waals surface area (Å²) in [6, 6.07) is 3.99. The molecule has 142 valence electrons. The molecule has 0 unspecified atom stereocenters. The molecule has 0 aromatic heterocycles. The lowest BCUT2D eigenvalue weighted by Gasteiger charge is -2.38. The Balaban J connectivity index is 1.74. The Morgan fingerprint density at radius 2 is 1.54 bits per heavy atom. The highest BCUT2D eigenvalue weighted by atomic mass is 19.1. The molecule has 2 aliphatic carbocycles. The van der Waals surface area contributed by atoms with Gasteiger partial charge in [0.2, 0.25) is 0 Å². The quantitative estimate of drug-likeness (QED) is 0.707. The van der Waals surface area contributed by atoms with Crippen LogP contribution in [0.2, 0.25) is 0 Å². The fourth-order valence-electron chi connectivity index (χ4n) is 4.72. The molecule has 1 amide bonds. The molecule has 0 radical (unpaired) electrons. The molecule has 2 fully saturated rings. The largest absolute Gasteiger partial charge is 0.491 e. The zero-order chi connectivity index (χ0) is 18.5. The molecule has 0 saturated heterocycles. The van der Waals surface area contributed by atoms with Crippen molar-refractivity contribution in [3.05, 3.63) is 29.6 Å². The molecule has 2 saturated carbocycles. The van der Waals surface area contributed by atoms with Crippen molar-refractivity contribution in [2.75, 3.05) is 0 Å². The molecule has 26 heavy (non-hydrogen) atoms. The fourth-order valence-corrected chi connectivity index (χ4v) is 4.72. The van der Waals surface area contributed by atoms with Gasteiger partial charge in [0.05, 0.1) is 0 Å². The van der Waals surface area contributed by atoms with Crippen LogP contribution in [0.15, 0.2) is 18.2 Å². The average Bonchev–Trinajstić information content (AvgIpc) is 2.67. The van der Waals surface area contributed by atoms with Crippen molar-refractivity contribution in [2.24, 2.45) is 11.8 Å². The van der Waals surface area contributed by atoms with Crippen LogP contribution in [0.4, 0.5) is 4.39 Å². The lowest BCUT2D eigenvalue weighted by molar-refractivity contribution is 0.0860. The first-order valence-corrected chi connectivity index (χ1v) is 10.0. The lowest BCUT2D eigenvalue weighted by Crippen LogP contribution is -2.46. The Morgan fingerprint density at radius 3 is 2.00 bits per heavy atom. The highest BCUT2D eigenvalue weighted by Crippen LogP contribution is 2.35. The van der Waals surface area contributed by atoms with E-state index in [-0.39, 0.29) is 23.0 Å². The van der Waals surface area contributed by atoms with Crippen LogP contribution in [0.3, 0.4) is 0 Å². The summed E-state index contributed by atoms with van der Waals surface area (Å²) < 4.78 is 14.0. The zero-order valence-electron chi connectivity index (χ0n) is 15.3. The summed E-state index contributed by atoms with van der Waals surface area (Å²) in [5, 5.41) is 21.5. The minimum Gasteiger partial charge on any atom is -0.423 e. The second-order valence-corrected chi connectivity index (χ2v) is 7.91. The summed E-state index contributed by atoms with van der Waals surface area (Å²) in [5.74, 6) is 0.00178. The number of carbonyl (C=O) groups excluding carboxylic acids is 1. The average molecular weight is 361 g/mol. The van der Waals surface area contributed by atoms with E-state index in [2.05, 4.69) is 5.32 Å². The molecular formula is C20H29BFNO3. The molecule has 0 bridgehead atoms. The third-order valence-electron chi connectivity index (χ3n) is 6.15. The van der Waals surface area contributed by atoms with Crippen LogP contribution in [0.5, 0.6) is 0 Å². The van der Waals surface area contributed by atoms with E-state index in [1.807, 2.05) is 0 Å². The van der Waals surface area contributed by atoms with Gasteiger partial charge in [0.15, 0.2) is 0 Å². The molecular weight excluding hydrogens is 332 g/mol. The summed E-state index contributed by atoms with van der Waals surface area (Å²) in [6.07, 6.45) is 12.1. The van der Waals surface area contributed by atoms with E-state index in [1.165, 1.54) is 50.7 Å². The number of rotatable bonds is 5. The summed E-state index contributed by atoms with van der Waals surface area (Å²) >= 11 is 0. The van der Waals surface area contributed by atoms with Crippen molar-refractivity contribution in [1.29, 1.82) is 0 Å². The third-order valence-corrected chi connectivity index (χ3v) is 6.15. The van der Waals surface area contributed by atoms with Crippen LogP contribution in [0.25, 0.3) is 0 Å². The first-order valence-electron chi connectivity index (χ1n) is 10.0. The van der Waals surface area contributed by atoms with Gasteiger partial charge in [-0.1, -0.05) is 44.6 Å². The van der Waals surface area contributed by atoms with E-state index in [0.717, 1.165) is 31.7 Å². The second-order valence-electron chi connectivity index (χ2n) is 7.91. The molecule has 4 nitrogen and oxygen atoms in total. The third kappa shape index (κ3) is 4.66. The summed E-state index contributed by atoms with van der Waals surface area (Å²) in [4.78, 5) is 12.8. The number of carbonyl (C=O) groups is 1. The van der Waals surface area contributed by atoms with E-state index in [1.54, 1.807) is 0 Å². The van der Waals surface area contributed by atoms with Gasteiger partial charge < -0.3 is 15.4 Å². The van der Waals surface area contributed by atoms with Crippen molar-refractivity contribution in [3.63, 3.8) is 0 Å². The number of nitrogens with one attached hydrogen (secondary N) is 1. The summed E-state index contributed by atoms with van der Waals surface area (Å²) in [7, 11) is -1.87. The maximum absolute atomic E-state index is 14.0. The van der Waals surface area contributed by atoms with Crippen LogP contribution in [0, 0.1) is 17.7 Å². The smallest absolute Gasteiger partial charge is 0.423 e. The molecule has 2 aliphatic rings. The van der Waals surface area contributed by atoms with E-state index in [9.17, 15) is 9.18 Å². The topological polar surface area (TPSA) is 69.6 Å². The van der Waals surface area contributed by atoms with Crippen molar-refractivity contribution < 1.29 is 19.2 Å². The lowest BCUT2D eigenvalue weighted by atomic mass is 9.73. The van der Waals surface area contributed by atoms with Crippen molar-refractivity contribution in [2.45, 2.75) is 70.3 Å².